The van der Waals surface area contributed by atoms with E-state index in [2.05, 4.69) is 5.10 Å². The molecule has 1 aromatic heterocycles. The van der Waals surface area contributed by atoms with Crippen LogP contribution >= 0.6 is 23.2 Å². The third kappa shape index (κ3) is 2.97. The molecule has 1 atom stereocenters. The van der Waals surface area contributed by atoms with Gasteiger partial charge >= 0.3 is 0 Å². The first-order valence-electron chi connectivity index (χ1n) is 6.25. The maximum absolute atomic E-state index is 13.9. The minimum atomic E-state index is -0.944. The molecule has 1 N–H and O–H groups in total. The van der Waals surface area contributed by atoms with Crippen molar-refractivity contribution in [1.82, 2.24) is 9.78 Å². The zero-order chi connectivity index (χ0) is 14.9. The van der Waals surface area contributed by atoms with Crippen LogP contribution in [-0.4, -0.2) is 14.9 Å². The van der Waals surface area contributed by atoms with Crippen LogP contribution in [0.15, 0.2) is 24.4 Å². The van der Waals surface area contributed by atoms with E-state index in [0.29, 0.717) is 16.3 Å². The average Bonchev–Trinajstić information content (AvgIpc) is 2.77. The summed E-state index contributed by atoms with van der Waals surface area (Å²) in [4.78, 5) is 0. The number of halogens is 3. The lowest BCUT2D eigenvalue weighted by Crippen LogP contribution is -2.14. The molecule has 108 valence electrons. The summed E-state index contributed by atoms with van der Waals surface area (Å²) in [5, 5.41) is 14.9. The zero-order valence-electron chi connectivity index (χ0n) is 11.1. The smallest absolute Gasteiger partial charge is 0.145 e. The van der Waals surface area contributed by atoms with E-state index in [1.165, 1.54) is 12.3 Å². The molecule has 0 aliphatic rings. The molecule has 2 aromatic rings. The van der Waals surface area contributed by atoms with E-state index in [4.69, 9.17) is 23.2 Å². The summed E-state index contributed by atoms with van der Waals surface area (Å²) in [6.07, 6.45) is 0.624. The maximum atomic E-state index is 13.9. The number of aliphatic hydroxyl groups excluding tert-OH is 1. The van der Waals surface area contributed by atoms with Gasteiger partial charge in [-0.05, 0) is 25.5 Å². The molecule has 0 spiro atoms. The Balaban J connectivity index is 2.31. The van der Waals surface area contributed by atoms with E-state index < -0.39 is 11.9 Å². The standard InChI is InChI=1S/C14H15Cl2FN2O/c1-8(2)19-14(11(16)7-18-19)12(20)6-9-4-3-5-10(15)13(9)17/h3-5,7-8,12,20H,6H2,1-2H3. The molecular formula is C14H15Cl2FN2O. The quantitative estimate of drug-likeness (QED) is 0.918. The van der Waals surface area contributed by atoms with Gasteiger partial charge in [0.1, 0.15) is 11.9 Å². The van der Waals surface area contributed by atoms with Crippen molar-refractivity contribution in [3.8, 4) is 0 Å². The van der Waals surface area contributed by atoms with Crippen LogP contribution in [0.5, 0.6) is 0 Å². The van der Waals surface area contributed by atoms with Crippen LogP contribution in [0.1, 0.15) is 37.3 Å². The molecule has 1 unspecified atom stereocenters. The fourth-order valence-electron chi connectivity index (χ4n) is 2.09. The first-order valence-corrected chi connectivity index (χ1v) is 7.01. The monoisotopic (exact) mass is 316 g/mol. The summed E-state index contributed by atoms with van der Waals surface area (Å²) in [5.41, 5.74) is 0.832. The lowest BCUT2D eigenvalue weighted by Gasteiger charge is -2.17. The van der Waals surface area contributed by atoms with Crippen molar-refractivity contribution >= 4 is 23.2 Å². The van der Waals surface area contributed by atoms with Gasteiger partial charge in [-0.2, -0.15) is 5.10 Å². The van der Waals surface area contributed by atoms with Crippen LogP contribution < -0.4 is 0 Å². The molecule has 0 saturated carbocycles. The van der Waals surface area contributed by atoms with Crippen LogP contribution in [0.25, 0.3) is 0 Å². The number of rotatable bonds is 4. The van der Waals surface area contributed by atoms with Gasteiger partial charge in [-0.1, -0.05) is 35.3 Å². The summed E-state index contributed by atoms with van der Waals surface area (Å²) in [5.74, 6) is -0.514. The molecule has 0 saturated heterocycles. The number of hydrogen-bond donors (Lipinski definition) is 1. The fraction of sp³-hybridized carbons (Fsp3) is 0.357. The molecule has 1 aromatic carbocycles. The molecule has 0 fully saturated rings. The van der Waals surface area contributed by atoms with Gasteiger partial charge in [0.15, 0.2) is 0 Å². The molecule has 3 nitrogen and oxygen atoms in total. The Morgan fingerprint density at radius 2 is 2.00 bits per heavy atom. The molecule has 0 amide bonds. The second-order valence-corrected chi connectivity index (χ2v) is 5.66. The van der Waals surface area contributed by atoms with Crippen LogP contribution in [0.4, 0.5) is 4.39 Å². The number of aliphatic hydroxyl groups is 1. The summed E-state index contributed by atoms with van der Waals surface area (Å²) in [6.45, 7) is 3.86. The second kappa shape index (κ2) is 6.12. The summed E-state index contributed by atoms with van der Waals surface area (Å²) in [7, 11) is 0. The van der Waals surface area contributed by atoms with Gasteiger partial charge in [0.2, 0.25) is 0 Å². The first kappa shape index (κ1) is 15.3. The average molecular weight is 317 g/mol. The van der Waals surface area contributed by atoms with E-state index >= 15 is 0 Å². The van der Waals surface area contributed by atoms with Crippen molar-refractivity contribution in [1.29, 1.82) is 0 Å². The molecule has 20 heavy (non-hydrogen) atoms. The molecule has 0 radical (unpaired) electrons. The van der Waals surface area contributed by atoms with Gasteiger partial charge in [-0.15, -0.1) is 0 Å². The zero-order valence-corrected chi connectivity index (χ0v) is 12.7. The highest BCUT2D eigenvalue weighted by Gasteiger charge is 2.21. The Morgan fingerprint density at radius 1 is 1.30 bits per heavy atom. The van der Waals surface area contributed by atoms with Gasteiger partial charge in [0.25, 0.3) is 0 Å². The SMILES string of the molecule is CC(C)n1ncc(Cl)c1C(O)Cc1cccc(Cl)c1F. The van der Waals surface area contributed by atoms with Gasteiger partial charge < -0.3 is 5.11 Å². The highest BCUT2D eigenvalue weighted by molar-refractivity contribution is 6.31. The summed E-state index contributed by atoms with van der Waals surface area (Å²) < 4.78 is 15.5. The molecular weight excluding hydrogens is 302 g/mol. The van der Waals surface area contributed by atoms with Gasteiger partial charge in [0, 0.05) is 12.5 Å². The van der Waals surface area contributed by atoms with Gasteiger partial charge in [0.05, 0.1) is 21.9 Å². The van der Waals surface area contributed by atoms with Crippen molar-refractivity contribution < 1.29 is 9.50 Å². The molecule has 0 bridgehead atoms. The van der Waals surface area contributed by atoms with Crippen molar-refractivity contribution in [2.45, 2.75) is 32.4 Å². The Labute approximate surface area is 126 Å². The predicted molar refractivity (Wildman–Crippen MR) is 77.7 cm³/mol. The third-order valence-electron chi connectivity index (χ3n) is 3.04. The number of aromatic nitrogens is 2. The van der Waals surface area contributed by atoms with Crippen molar-refractivity contribution in [2.75, 3.05) is 0 Å². The van der Waals surface area contributed by atoms with Crippen LogP contribution in [0.3, 0.4) is 0 Å². The topological polar surface area (TPSA) is 38.0 Å². The maximum Gasteiger partial charge on any atom is 0.145 e. The molecule has 6 heteroatoms. The van der Waals surface area contributed by atoms with E-state index in [9.17, 15) is 9.50 Å². The lowest BCUT2D eigenvalue weighted by atomic mass is 10.0. The van der Waals surface area contributed by atoms with Crippen molar-refractivity contribution in [2.24, 2.45) is 0 Å². The van der Waals surface area contributed by atoms with Crippen LogP contribution in [0, 0.1) is 5.82 Å². The van der Waals surface area contributed by atoms with Crippen LogP contribution in [0.2, 0.25) is 10.0 Å². The van der Waals surface area contributed by atoms with E-state index in [0.717, 1.165) is 0 Å². The Kier molecular flexibility index (Phi) is 4.68. The molecule has 1 heterocycles. The van der Waals surface area contributed by atoms with E-state index in [1.54, 1.807) is 16.8 Å². The van der Waals surface area contributed by atoms with Crippen LogP contribution in [-0.2, 0) is 6.42 Å². The minimum absolute atomic E-state index is 0.0400. The Morgan fingerprint density at radius 3 is 2.65 bits per heavy atom. The molecule has 2 rings (SSSR count). The number of hydrogen-bond acceptors (Lipinski definition) is 2. The van der Waals surface area contributed by atoms with E-state index in [-0.39, 0.29) is 17.5 Å². The normalized spacial score (nSPS) is 12.9. The highest BCUT2D eigenvalue weighted by atomic mass is 35.5. The van der Waals surface area contributed by atoms with Gasteiger partial charge in [-0.25, -0.2) is 4.39 Å². The largest absolute Gasteiger partial charge is 0.386 e. The number of nitrogens with zero attached hydrogens (tertiary/aromatic N) is 2. The first-order chi connectivity index (χ1) is 9.41. The summed E-state index contributed by atoms with van der Waals surface area (Å²) >= 11 is 11.8. The molecule has 0 aliphatic carbocycles. The van der Waals surface area contributed by atoms with Crippen molar-refractivity contribution in [3.05, 3.63) is 51.5 Å². The second-order valence-electron chi connectivity index (χ2n) is 4.85. The fourth-order valence-corrected chi connectivity index (χ4v) is 2.54. The Bertz CT molecular complexity index is 613. The highest BCUT2D eigenvalue weighted by Crippen LogP contribution is 2.29. The molecule has 0 aliphatic heterocycles. The lowest BCUT2D eigenvalue weighted by molar-refractivity contribution is 0.163. The van der Waals surface area contributed by atoms with E-state index in [1.807, 2.05) is 13.8 Å². The Hall–Kier alpha value is -1.10. The third-order valence-corrected chi connectivity index (χ3v) is 3.62. The van der Waals surface area contributed by atoms with Gasteiger partial charge in [-0.3, -0.25) is 4.68 Å². The van der Waals surface area contributed by atoms with Crippen molar-refractivity contribution in [3.63, 3.8) is 0 Å². The number of benzene rings is 1. The minimum Gasteiger partial charge on any atom is -0.386 e. The predicted octanol–water partition coefficient (Wildman–Crippen LogP) is 4.19. The summed E-state index contributed by atoms with van der Waals surface area (Å²) in [6, 6.07) is 4.76.